The van der Waals surface area contributed by atoms with Crippen molar-refractivity contribution in [3.63, 3.8) is 0 Å². The molecule has 0 atom stereocenters. The summed E-state index contributed by atoms with van der Waals surface area (Å²) in [7, 11) is 0. The Labute approximate surface area is 343 Å². The molecule has 0 unspecified atom stereocenters. The Morgan fingerprint density at radius 2 is 0.917 bits per heavy atom. The predicted molar refractivity (Wildman–Crippen MR) is 244 cm³/mol. The third kappa shape index (κ3) is 5.87. The number of anilines is 3. The molecule has 0 aliphatic heterocycles. The SMILES string of the molecule is c1cnc2cc(-c3ccc4cc(N(c5ccc(-c6ccc7c(n6)oc6ccccc67)cc5)c5ccc6cc(-c7cc8ncccc8cn7)ccc6c5)ccc4c3)ncc2c1. The highest BCUT2D eigenvalue weighted by Gasteiger charge is 2.16. The fourth-order valence-electron chi connectivity index (χ4n) is 8.30. The van der Waals surface area contributed by atoms with Crippen LogP contribution < -0.4 is 4.90 Å². The Morgan fingerprint density at radius 1 is 0.367 bits per heavy atom. The van der Waals surface area contributed by atoms with Crippen molar-refractivity contribution in [1.29, 1.82) is 0 Å². The average molecular weight is 769 g/mol. The van der Waals surface area contributed by atoms with E-state index in [1.165, 1.54) is 0 Å². The zero-order valence-electron chi connectivity index (χ0n) is 32.1. The van der Waals surface area contributed by atoms with Crippen LogP contribution in [0.1, 0.15) is 0 Å². The Bertz CT molecular complexity index is 3470. The molecule has 0 spiro atoms. The van der Waals surface area contributed by atoms with Crippen LogP contribution in [0.25, 0.3) is 99.2 Å². The molecule has 12 rings (SSSR count). The third-order valence-electron chi connectivity index (χ3n) is 11.4. The molecule has 12 aromatic rings. The minimum absolute atomic E-state index is 0.638. The van der Waals surface area contributed by atoms with Crippen LogP contribution in [0.5, 0.6) is 0 Å². The van der Waals surface area contributed by atoms with Crippen LogP contribution in [0, 0.1) is 0 Å². The summed E-state index contributed by atoms with van der Waals surface area (Å²) in [6, 6.07) is 59.2. The monoisotopic (exact) mass is 768 g/mol. The highest BCUT2D eigenvalue weighted by molar-refractivity contribution is 6.04. The van der Waals surface area contributed by atoms with E-state index in [0.29, 0.717) is 5.71 Å². The minimum atomic E-state index is 0.638. The number of fused-ring (bicyclic) bond motifs is 7. The van der Waals surface area contributed by atoms with Gasteiger partial charge < -0.3 is 9.32 Å². The molecule has 6 aromatic carbocycles. The lowest BCUT2D eigenvalue weighted by molar-refractivity contribution is 0.654. The molecular formula is C53H32N6O. The summed E-state index contributed by atoms with van der Waals surface area (Å²) < 4.78 is 6.13. The van der Waals surface area contributed by atoms with Gasteiger partial charge in [-0.05, 0) is 125 Å². The Morgan fingerprint density at radius 3 is 1.55 bits per heavy atom. The van der Waals surface area contributed by atoms with E-state index in [1.807, 2.05) is 67.3 Å². The van der Waals surface area contributed by atoms with E-state index in [2.05, 4.69) is 142 Å². The van der Waals surface area contributed by atoms with Gasteiger partial charge in [0.2, 0.25) is 5.71 Å². The highest BCUT2D eigenvalue weighted by atomic mass is 16.3. The molecule has 0 aliphatic rings. The molecule has 0 amide bonds. The molecular weight excluding hydrogens is 737 g/mol. The molecule has 0 bridgehead atoms. The van der Waals surface area contributed by atoms with E-state index < -0.39 is 0 Å². The number of hydrogen-bond acceptors (Lipinski definition) is 7. The second-order valence-electron chi connectivity index (χ2n) is 15.1. The molecule has 280 valence electrons. The van der Waals surface area contributed by atoms with Crippen LogP contribution in [0.3, 0.4) is 0 Å². The number of rotatable bonds is 6. The first kappa shape index (κ1) is 33.8. The molecule has 0 N–H and O–H groups in total. The molecule has 0 fully saturated rings. The lowest BCUT2D eigenvalue weighted by atomic mass is 10.0. The van der Waals surface area contributed by atoms with Gasteiger partial charge in [0.1, 0.15) is 5.58 Å². The maximum absolute atomic E-state index is 6.13. The van der Waals surface area contributed by atoms with Crippen LogP contribution in [0.4, 0.5) is 17.1 Å². The van der Waals surface area contributed by atoms with E-state index in [0.717, 1.165) is 111 Å². The van der Waals surface area contributed by atoms with Crippen LogP contribution in [-0.2, 0) is 0 Å². The smallest absolute Gasteiger partial charge is 0.227 e. The Balaban J connectivity index is 0.935. The number of furan rings is 1. The summed E-state index contributed by atoms with van der Waals surface area (Å²) in [4.78, 5) is 25.9. The van der Waals surface area contributed by atoms with Gasteiger partial charge in [0.05, 0.1) is 28.1 Å². The summed E-state index contributed by atoms with van der Waals surface area (Å²) in [5, 5.41) is 8.65. The number of hydrogen-bond donors (Lipinski definition) is 0. The fourth-order valence-corrected chi connectivity index (χ4v) is 8.30. The van der Waals surface area contributed by atoms with Gasteiger partial charge in [-0.1, -0.05) is 66.7 Å². The lowest BCUT2D eigenvalue weighted by Gasteiger charge is -2.26. The summed E-state index contributed by atoms with van der Waals surface area (Å²) in [6.45, 7) is 0. The molecule has 0 radical (unpaired) electrons. The van der Waals surface area contributed by atoms with Crippen molar-refractivity contribution >= 4 is 82.5 Å². The van der Waals surface area contributed by atoms with Crippen molar-refractivity contribution in [3.8, 4) is 33.8 Å². The van der Waals surface area contributed by atoms with Crippen LogP contribution in [0.2, 0.25) is 0 Å². The molecule has 0 saturated heterocycles. The Kier molecular flexibility index (Phi) is 7.71. The summed E-state index contributed by atoms with van der Waals surface area (Å²) in [6.07, 6.45) is 7.42. The normalized spacial score (nSPS) is 11.7. The van der Waals surface area contributed by atoms with Crippen molar-refractivity contribution in [2.45, 2.75) is 0 Å². The van der Waals surface area contributed by atoms with Gasteiger partial charge in [0.15, 0.2) is 0 Å². The summed E-state index contributed by atoms with van der Waals surface area (Å²) in [5.41, 5.74) is 12.2. The molecule has 0 saturated carbocycles. The first-order chi connectivity index (χ1) is 29.7. The van der Waals surface area contributed by atoms with Gasteiger partial charge in [-0.25, -0.2) is 4.98 Å². The van der Waals surface area contributed by atoms with Crippen molar-refractivity contribution in [2.75, 3.05) is 4.90 Å². The van der Waals surface area contributed by atoms with Crippen LogP contribution in [-0.4, -0.2) is 24.9 Å². The lowest BCUT2D eigenvalue weighted by Crippen LogP contribution is -2.10. The highest BCUT2D eigenvalue weighted by Crippen LogP contribution is 2.40. The predicted octanol–water partition coefficient (Wildman–Crippen LogP) is 13.6. The third-order valence-corrected chi connectivity index (χ3v) is 11.4. The molecule has 0 aliphatic carbocycles. The van der Waals surface area contributed by atoms with Gasteiger partial charge in [0, 0.05) is 80.1 Å². The number of benzene rings is 6. The summed E-state index contributed by atoms with van der Waals surface area (Å²) in [5.74, 6) is 0. The molecule has 6 heterocycles. The number of aromatic nitrogens is 5. The van der Waals surface area contributed by atoms with Crippen LogP contribution >= 0.6 is 0 Å². The fraction of sp³-hybridized carbons (Fsp3) is 0. The van der Waals surface area contributed by atoms with Crippen molar-refractivity contribution in [2.24, 2.45) is 0 Å². The van der Waals surface area contributed by atoms with Gasteiger partial charge in [-0.2, -0.15) is 0 Å². The van der Waals surface area contributed by atoms with Crippen molar-refractivity contribution in [1.82, 2.24) is 24.9 Å². The zero-order valence-corrected chi connectivity index (χ0v) is 32.1. The van der Waals surface area contributed by atoms with Gasteiger partial charge in [-0.3, -0.25) is 19.9 Å². The second kappa shape index (κ2) is 13.7. The molecule has 6 aromatic heterocycles. The second-order valence-corrected chi connectivity index (χ2v) is 15.1. The van der Waals surface area contributed by atoms with E-state index in [-0.39, 0.29) is 0 Å². The first-order valence-corrected chi connectivity index (χ1v) is 19.9. The number of nitrogens with zero attached hydrogens (tertiary/aromatic N) is 6. The van der Waals surface area contributed by atoms with E-state index in [1.54, 1.807) is 0 Å². The number of para-hydroxylation sites is 1. The number of pyridine rings is 5. The maximum atomic E-state index is 6.13. The van der Waals surface area contributed by atoms with Gasteiger partial charge in [-0.15, -0.1) is 0 Å². The van der Waals surface area contributed by atoms with Crippen molar-refractivity contribution in [3.05, 3.63) is 195 Å². The maximum Gasteiger partial charge on any atom is 0.227 e. The van der Waals surface area contributed by atoms with Gasteiger partial charge >= 0.3 is 0 Å². The van der Waals surface area contributed by atoms with Crippen LogP contribution in [0.15, 0.2) is 199 Å². The molecule has 7 heteroatoms. The topological polar surface area (TPSA) is 80.8 Å². The van der Waals surface area contributed by atoms with E-state index >= 15 is 0 Å². The molecule has 60 heavy (non-hydrogen) atoms. The largest absolute Gasteiger partial charge is 0.438 e. The standard InChI is InChI=1S/C53H32N6O/c1-2-8-52-45(7-1)46-21-22-47(58-53(46)60-52)33-13-17-42(18-14-33)59(43-19-15-34-25-38(11-9-36(34)27-43)48-29-50-40(31-56-48)5-3-23-54-50)44-20-16-35-26-39(12-10-37(35)28-44)49-30-51-41(32-57-49)6-4-24-55-51/h1-32H. The minimum Gasteiger partial charge on any atom is -0.438 e. The summed E-state index contributed by atoms with van der Waals surface area (Å²) >= 11 is 0. The van der Waals surface area contributed by atoms with E-state index in [4.69, 9.17) is 19.4 Å². The van der Waals surface area contributed by atoms with Crippen molar-refractivity contribution < 1.29 is 4.42 Å². The average Bonchev–Trinajstić information content (AvgIpc) is 3.69. The molecule has 7 nitrogen and oxygen atoms in total. The van der Waals surface area contributed by atoms with E-state index in [9.17, 15) is 0 Å². The van der Waals surface area contributed by atoms with Gasteiger partial charge in [0.25, 0.3) is 0 Å². The Hall–Kier alpha value is -8.29. The first-order valence-electron chi connectivity index (χ1n) is 19.9. The zero-order chi connectivity index (χ0) is 39.6. The quantitative estimate of drug-likeness (QED) is 0.167.